The van der Waals surface area contributed by atoms with E-state index in [1.165, 1.54) is 5.56 Å². The number of rotatable bonds is 4. The molecule has 0 saturated carbocycles. The Hall–Kier alpha value is -3.84. The topological polar surface area (TPSA) is 94.7 Å². The van der Waals surface area contributed by atoms with E-state index in [1.54, 1.807) is 0 Å². The number of aryl methyl sites for hydroxylation is 3. The van der Waals surface area contributed by atoms with Crippen LogP contribution in [0.15, 0.2) is 65.1 Å². The van der Waals surface area contributed by atoms with E-state index in [0.717, 1.165) is 58.2 Å². The molecule has 3 atom stereocenters. The van der Waals surface area contributed by atoms with Gasteiger partial charge in [-0.1, -0.05) is 29.8 Å². The molecule has 3 aromatic rings. The maximum atomic E-state index is 13.9. The highest BCUT2D eigenvalue weighted by Crippen LogP contribution is 2.48. The second-order valence-corrected chi connectivity index (χ2v) is 10.9. The standard InChI is InChI=1S/C31H33N3O4/c1-16-13-17(2)25(18(3)14-16)24-15-22-27(31(37)38-24)26(20-7-5-8-21-19(20)10-11-32-21)28(30(35)36)29(33-22)23-9-6-12-34(23)4/h5,7-8,10-11,13-14,23-24,26,32-33H,6,9,12,15H2,1-4H3,(H,35,36)/t23-,24?,26?/m0/s1. The summed E-state index contributed by atoms with van der Waals surface area (Å²) in [6, 6.07) is 11.9. The van der Waals surface area contributed by atoms with E-state index in [0.29, 0.717) is 17.7 Å². The van der Waals surface area contributed by atoms with Crippen LogP contribution >= 0.6 is 0 Å². The summed E-state index contributed by atoms with van der Waals surface area (Å²) in [6.45, 7) is 7.07. The zero-order valence-corrected chi connectivity index (χ0v) is 22.2. The third-order valence-corrected chi connectivity index (χ3v) is 8.42. The highest BCUT2D eigenvalue weighted by molar-refractivity contribution is 6.02. The third kappa shape index (κ3) is 3.84. The Morgan fingerprint density at radius 3 is 2.58 bits per heavy atom. The van der Waals surface area contributed by atoms with Gasteiger partial charge in [-0.25, -0.2) is 9.59 Å². The van der Waals surface area contributed by atoms with Gasteiger partial charge in [0, 0.05) is 34.9 Å². The number of cyclic esters (lactones) is 1. The average Bonchev–Trinajstić information content (AvgIpc) is 3.50. The first-order valence-electron chi connectivity index (χ1n) is 13.3. The number of carboxylic acid groups (broad SMARTS) is 1. The van der Waals surface area contributed by atoms with Crippen LogP contribution in [0.4, 0.5) is 0 Å². The molecule has 2 unspecified atom stereocenters. The van der Waals surface area contributed by atoms with E-state index in [4.69, 9.17) is 4.74 Å². The van der Waals surface area contributed by atoms with Crippen molar-refractivity contribution in [2.45, 2.75) is 58.1 Å². The van der Waals surface area contributed by atoms with E-state index in [1.807, 2.05) is 37.5 Å². The number of esters is 1. The Labute approximate surface area is 222 Å². The fourth-order valence-electron chi connectivity index (χ4n) is 6.90. The number of nitrogens with one attached hydrogen (secondary N) is 2. The van der Waals surface area contributed by atoms with Gasteiger partial charge in [0.25, 0.3) is 0 Å². The molecule has 4 heterocycles. The zero-order valence-electron chi connectivity index (χ0n) is 22.2. The number of ether oxygens (including phenoxy) is 1. The van der Waals surface area contributed by atoms with E-state index in [9.17, 15) is 14.7 Å². The van der Waals surface area contributed by atoms with Crippen LogP contribution in [0.5, 0.6) is 0 Å². The van der Waals surface area contributed by atoms with Gasteiger partial charge in [-0.05, 0) is 81.6 Å². The summed E-state index contributed by atoms with van der Waals surface area (Å²) < 4.78 is 6.13. The summed E-state index contributed by atoms with van der Waals surface area (Å²) in [4.78, 5) is 32.3. The monoisotopic (exact) mass is 511 g/mol. The average molecular weight is 512 g/mol. The van der Waals surface area contributed by atoms with Crippen LogP contribution in [-0.4, -0.2) is 46.6 Å². The van der Waals surface area contributed by atoms with Crippen molar-refractivity contribution in [3.63, 3.8) is 0 Å². The van der Waals surface area contributed by atoms with Gasteiger partial charge in [0.15, 0.2) is 0 Å². The predicted molar refractivity (Wildman–Crippen MR) is 146 cm³/mol. The second-order valence-electron chi connectivity index (χ2n) is 10.9. The third-order valence-electron chi connectivity index (χ3n) is 8.42. The summed E-state index contributed by atoms with van der Waals surface area (Å²) >= 11 is 0. The number of dihydropyridines is 1. The number of benzene rings is 2. The Morgan fingerprint density at radius 1 is 1.13 bits per heavy atom. The highest BCUT2D eigenvalue weighted by atomic mass is 16.5. The predicted octanol–water partition coefficient (Wildman–Crippen LogP) is 5.16. The van der Waals surface area contributed by atoms with E-state index in [2.05, 4.69) is 48.1 Å². The Morgan fingerprint density at radius 2 is 1.89 bits per heavy atom. The van der Waals surface area contributed by atoms with Crippen LogP contribution in [0, 0.1) is 20.8 Å². The van der Waals surface area contributed by atoms with Crippen LogP contribution in [-0.2, 0) is 14.3 Å². The van der Waals surface area contributed by atoms with Crippen LogP contribution in [0.3, 0.4) is 0 Å². The summed E-state index contributed by atoms with van der Waals surface area (Å²) in [7, 11) is 2.04. The van der Waals surface area contributed by atoms with Crippen molar-refractivity contribution in [3.05, 3.63) is 93.0 Å². The summed E-state index contributed by atoms with van der Waals surface area (Å²) in [5.41, 5.74) is 8.16. The zero-order chi connectivity index (χ0) is 26.7. The number of aliphatic carboxylic acids is 1. The molecule has 3 aliphatic heterocycles. The maximum absolute atomic E-state index is 13.9. The first-order chi connectivity index (χ1) is 18.2. The highest BCUT2D eigenvalue weighted by Gasteiger charge is 2.46. The van der Waals surface area contributed by atoms with Crippen molar-refractivity contribution in [2.75, 3.05) is 13.6 Å². The summed E-state index contributed by atoms with van der Waals surface area (Å²) in [5.74, 6) is -2.21. The van der Waals surface area contributed by atoms with Crippen LogP contribution < -0.4 is 5.32 Å². The molecular weight excluding hydrogens is 478 g/mol. The van der Waals surface area contributed by atoms with Gasteiger partial charge < -0.3 is 20.1 Å². The summed E-state index contributed by atoms with van der Waals surface area (Å²) in [6.07, 6.45) is 3.74. The van der Waals surface area contributed by atoms with Crippen molar-refractivity contribution >= 4 is 22.8 Å². The quantitative estimate of drug-likeness (QED) is 0.419. The van der Waals surface area contributed by atoms with Gasteiger partial charge in [-0.2, -0.15) is 0 Å². The number of aromatic nitrogens is 1. The lowest BCUT2D eigenvalue weighted by Gasteiger charge is -2.39. The maximum Gasteiger partial charge on any atom is 0.337 e. The van der Waals surface area contributed by atoms with Crippen molar-refractivity contribution in [3.8, 4) is 0 Å². The van der Waals surface area contributed by atoms with Gasteiger partial charge in [-0.15, -0.1) is 0 Å². The van der Waals surface area contributed by atoms with Gasteiger partial charge in [0.05, 0.1) is 23.1 Å². The van der Waals surface area contributed by atoms with E-state index < -0.39 is 24.0 Å². The molecule has 7 nitrogen and oxygen atoms in total. The number of carboxylic acids is 1. The number of fused-ring (bicyclic) bond motifs is 1. The molecule has 7 heteroatoms. The van der Waals surface area contributed by atoms with Crippen LogP contribution in [0.2, 0.25) is 0 Å². The number of carbonyl (C=O) groups excluding carboxylic acids is 1. The smallest absolute Gasteiger partial charge is 0.337 e. The largest absolute Gasteiger partial charge is 0.478 e. The molecular formula is C31H33N3O4. The number of nitrogens with zero attached hydrogens (tertiary/aromatic N) is 1. The molecule has 0 amide bonds. The van der Waals surface area contributed by atoms with Crippen molar-refractivity contribution in [2.24, 2.45) is 0 Å². The van der Waals surface area contributed by atoms with Gasteiger partial charge in [0.2, 0.25) is 0 Å². The van der Waals surface area contributed by atoms with Gasteiger partial charge >= 0.3 is 11.9 Å². The molecule has 0 aliphatic carbocycles. The number of hydrogen-bond acceptors (Lipinski definition) is 5. The second kappa shape index (κ2) is 9.17. The number of likely N-dealkylation sites (tertiary alicyclic amines) is 1. The molecule has 2 aromatic carbocycles. The molecule has 1 saturated heterocycles. The SMILES string of the molecule is Cc1cc(C)c(C2CC3=C(C(=O)O2)C(c2cccc4[nH]ccc24)C(C(=O)O)=C([C@@H]2CCCN2C)N3)c(C)c1. The number of H-pyrrole nitrogens is 1. The van der Waals surface area contributed by atoms with Gasteiger partial charge in [-0.3, -0.25) is 4.90 Å². The Balaban J connectivity index is 1.55. The number of aromatic amines is 1. The first kappa shape index (κ1) is 24.5. The Kier molecular flexibility index (Phi) is 5.91. The normalized spacial score (nSPS) is 24.0. The van der Waals surface area contributed by atoms with Crippen LogP contribution in [0.1, 0.15) is 59.1 Å². The lowest BCUT2D eigenvalue weighted by molar-refractivity contribution is -0.146. The minimum atomic E-state index is -1.02. The lowest BCUT2D eigenvalue weighted by Crippen LogP contribution is -2.43. The van der Waals surface area contributed by atoms with Gasteiger partial charge in [0.1, 0.15) is 6.10 Å². The summed E-state index contributed by atoms with van der Waals surface area (Å²) in [5, 5.41) is 15.0. The van der Waals surface area contributed by atoms with Crippen molar-refractivity contribution in [1.82, 2.24) is 15.2 Å². The minimum Gasteiger partial charge on any atom is -0.478 e. The number of carbonyl (C=O) groups is 2. The van der Waals surface area contributed by atoms with E-state index in [-0.39, 0.29) is 11.6 Å². The molecule has 0 bridgehead atoms. The molecule has 196 valence electrons. The molecule has 0 radical (unpaired) electrons. The first-order valence-corrected chi connectivity index (χ1v) is 13.3. The molecule has 6 rings (SSSR count). The minimum absolute atomic E-state index is 0.0534. The van der Waals surface area contributed by atoms with Crippen LogP contribution in [0.25, 0.3) is 10.9 Å². The molecule has 3 N–H and O–H groups in total. The fourth-order valence-corrected chi connectivity index (χ4v) is 6.90. The molecule has 38 heavy (non-hydrogen) atoms. The Bertz CT molecular complexity index is 1520. The lowest BCUT2D eigenvalue weighted by atomic mass is 9.76. The molecule has 1 aromatic heterocycles. The van der Waals surface area contributed by atoms with E-state index >= 15 is 0 Å². The van der Waals surface area contributed by atoms with Crippen molar-refractivity contribution < 1.29 is 19.4 Å². The molecule has 1 fully saturated rings. The molecule has 0 spiro atoms. The van der Waals surface area contributed by atoms with Crippen molar-refractivity contribution in [1.29, 1.82) is 0 Å². The fraction of sp³-hybridized carbons (Fsp3) is 0.355. The number of hydrogen-bond donors (Lipinski definition) is 3. The molecule has 3 aliphatic rings. The number of likely N-dealkylation sites (N-methyl/N-ethyl adjacent to an activating group) is 1.